The fourth-order valence-electron chi connectivity index (χ4n) is 2.58. The number of hydrogen-bond donors (Lipinski definition) is 0. The van der Waals surface area contributed by atoms with Crippen LogP contribution < -0.4 is 4.74 Å². The van der Waals surface area contributed by atoms with Crippen molar-refractivity contribution in [2.75, 3.05) is 27.2 Å². The summed E-state index contributed by atoms with van der Waals surface area (Å²) < 4.78 is 5.40. The Morgan fingerprint density at radius 1 is 1.36 bits per heavy atom. The molecule has 0 N–H and O–H groups in total. The highest BCUT2D eigenvalue weighted by molar-refractivity contribution is 5.98. The standard InChI is InChI=1S/C17H22N2O3/c1-4-12-22-14-9-7-13(8-10-14)16(20)19-11-5-6-15(19)17(21)18(2)3/h4,7-10,15H,1,5-6,11-12H2,2-3H3. The van der Waals surface area contributed by atoms with Crippen LogP contribution in [0, 0.1) is 0 Å². The molecule has 5 nitrogen and oxygen atoms in total. The maximum atomic E-state index is 12.6. The summed E-state index contributed by atoms with van der Waals surface area (Å²) in [4.78, 5) is 28.0. The Balaban J connectivity index is 2.09. The van der Waals surface area contributed by atoms with Crippen LogP contribution in [0.4, 0.5) is 0 Å². The van der Waals surface area contributed by atoms with Crippen LogP contribution >= 0.6 is 0 Å². The fourth-order valence-corrected chi connectivity index (χ4v) is 2.58. The van der Waals surface area contributed by atoms with Gasteiger partial charge in [-0.3, -0.25) is 9.59 Å². The number of ether oxygens (including phenoxy) is 1. The fraction of sp³-hybridized carbons (Fsp3) is 0.412. The second-order valence-corrected chi connectivity index (χ2v) is 5.51. The molecule has 0 spiro atoms. The van der Waals surface area contributed by atoms with E-state index in [4.69, 9.17) is 4.74 Å². The van der Waals surface area contributed by atoms with Crippen molar-refractivity contribution in [1.29, 1.82) is 0 Å². The smallest absolute Gasteiger partial charge is 0.254 e. The average Bonchev–Trinajstić information content (AvgIpc) is 3.01. The van der Waals surface area contributed by atoms with Crippen LogP contribution in [0.5, 0.6) is 5.75 Å². The van der Waals surface area contributed by atoms with Crippen molar-refractivity contribution in [3.8, 4) is 5.75 Å². The van der Waals surface area contributed by atoms with Crippen molar-refractivity contribution in [3.05, 3.63) is 42.5 Å². The van der Waals surface area contributed by atoms with Gasteiger partial charge in [-0.25, -0.2) is 0 Å². The molecule has 2 amide bonds. The molecule has 1 aliphatic heterocycles. The largest absolute Gasteiger partial charge is 0.490 e. The molecule has 1 atom stereocenters. The normalized spacial score (nSPS) is 17.2. The number of likely N-dealkylation sites (tertiary alicyclic amines) is 1. The molecule has 1 unspecified atom stereocenters. The van der Waals surface area contributed by atoms with Gasteiger partial charge in [0.2, 0.25) is 5.91 Å². The Hall–Kier alpha value is -2.30. The number of carbonyl (C=O) groups is 2. The molecular weight excluding hydrogens is 280 g/mol. The lowest BCUT2D eigenvalue weighted by Crippen LogP contribution is -2.45. The Morgan fingerprint density at radius 2 is 2.05 bits per heavy atom. The van der Waals surface area contributed by atoms with Gasteiger partial charge in [0.05, 0.1) is 0 Å². The molecule has 1 saturated heterocycles. The van der Waals surface area contributed by atoms with E-state index in [2.05, 4.69) is 6.58 Å². The van der Waals surface area contributed by atoms with Crippen LogP contribution in [-0.4, -0.2) is 54.9 Å². The molecule has 0 aromatic heterocycles. The molecule has 0 radical (unpaired) electrons. The SMILES string of the molecule is C=CCOc1ccc(C(=O)N2CCCC2C(=O)N(C)C)cc1. The summed E-state index contributed by atoms with van der Waals surface area (Å²) in [7, 11) is 3.43. The van der Waals surface area contributed by atoms with Gasteiger partial charge >= 0.3 is 0 Å². The van der Waals surface area contributed by atoms with Gasteiger partial charge in [-0.05, 0) is 37.1 Å². The summed E-state index contributed by atoms with van der Waals surface area (Å²) in [6.45, 7) is 4.64. The first kappa shape index (κ1) is 16.1. The van der Waals surface area contributed by atoms with Gasteiger partial charge in [0.15, 0.2) is 0 Å². The molecule has 0 bridgehead atoms. The minimum atomic E-state index is -0.348. The molecule has 118 valence electrons. The van der Waals surface area contributed by atoms with E-state index >= 15 is 0 Å². The first-order valence-electron chi connectivity index (χ1n) is 7.40. The van der Waals surface area contributed by atoms with Crippen LogP contribution in [-0.2, 0) is 4.79 Å². The lowest BCUT2D eigenvalue weighted by Gasteiger charge is -2.26. The predicted octanol–water partition coefficient (Wildman–Crippen LogP) is 1.94. The Labute approximate surface area is 131 Å². The highest BCUT2D eigenvalue weighted by atomic mass is 16.5. The van der Waals surface area contributed by atoms with E-state index in [9.17, 15) is 9.59 Å². The molecule has 0 aliphatic carbocycles. The summed E-state index contributed by atoms with van der Waals surface area (Å²) >= 11 is 0. The van der Waals surface area contributed by atoms with Crippen LogP contribution in [0.15, 0.2) is 36.9 Å². The van der Waals surface area contributed by atoms with Gasteiger partial charge in [-0.1, -0.05) is 12.7 Å². The molecule has 1 aliphatic rings. The van der Waals surface area contributed by atoms with Gasteiger partial charge in [0, 0.05) is 26.2 Å². The predicted molar refractivity (Wildman–Crippen MR) is 84.9 cm³/mol. The third-order valence-electron chi connectivity index (χ3n) is 3.71. The van der Waals surface area contributed by atoms with Gasteiger partial charge in [0.25, 0.3) is 5.91 Å². The second-order valence-electron chi connectivity index (χ2n) is 5.51. The van der Waals surface area contributed by atoms with Gasteiger partial charge in [0.1, 0.15) is 18.4 Å². The molecular formula is C17H22N2O3. The van der Waals surface area contributed by atoms with Crippen molar-refractivity contribution in [3.63, 3.8) is 0 Å². The molecule has 1 aromatic rings. The van der Waals surface area contributed by atoms with E-state index in [1.165, 1.54) is 0 Å². The Kier molecular flexibility index (Phi) is 5.20. The highest BCUT2D eigenvalue weighted by Gasteiger charge is 2.35. The summed E-state index contributed by atoms with van der Waals surface area (Å²) in [6, 6.07) is 6.64. The lowest BCUT2D eigenvalue weighted by atomic mass is 10.1. The number of benzene rings is 1. The quantitative estimate of drug-likeness (QED) is 0.781. The summed E-state index contributed by atoms with van der Waals surface area (Å²) in [5, 5.41) is 0. The van der Waals surface area contributed by atoms with Crippen LogP contribution in [0.3, 0.4) is 0 Å². The van der Waals surface area contributed by atoms with Crippen LogP contribution in [0.25, 0.3) is 0 Å². The zero-order valence-corrected chi connectivity index (χ0v) is 13.1. The maximum Gasteiger partial charge on any atom is 0.254 e. The molecule has 1 aromatic carbocycles. The molecule has 2 rings (SSSR count). The van der Waals surface area contributed by atoms with Gasteiger partial charge < -0.3 is 14.5 Å². The molecule has 22 heavy (non-hydrogen) atoms. The van der Waals surface area contributed by atoms with E-state index in [0.29, 0.717) is 24.5 Å². The van der Waals surface area contributed by atoms with Gasteiger partial charge in [-0.2, -0.15) is 0 Å². The molecule has 1 heterocycles. The zero-order chi connectivity index (χ0) is 16.1. The van der Waals surface area contributed by atoms with Crippen molar-refractivity contribution in [2.24, 2.45) is 0 Å². The zero-order valence-electron chi connectivity index (χ0n) is 13.1. The first-order chi connectivity index (χ1) is 10.5. The Morgan fingerprint density at radius 3 is 2.64 bits per heavy atom. The maximum absolute atomic E-state index is 12.6. The van der Waals surface area contributed by atoms with Crippen molar-refractivity contribution < 1.29 is 14.3 Å². The molecule has 1 fully saturated rings. The van der Waals surface area contributed by atoms with E-state index < -0.39 is 0 Å². The summed E-state index contributed by atoms with van der Waals surface area (Å²) in [6.07, 6.45) is 3.25. The number of rotatable bonds is 5. The number of hydrogen-bond acceptors (Lipinski definition) is 3. The van der Waals surface area contributed by atoms with E-state index in [1.807, 2.05) is 0 Å². The second kappa shape index (κ2) is 7.11. The topological polar surface area (TPSA) is 49.9 Å². The third-order valence-corrected chi connectivity index (χ3v) is 3.71. The summed E-state index contributed by atoms with van der Waals surface area (Å²) in [5.41, 5.74) is 0.574. The lowest BCUT2D eigenvalue weighted by molar-refractivity contribution is -0.132. The molecule has 0 saturated carbocycles. The number of carbonyl (C=O) groups excluding carboxylic acids is 2. The first-order valence-corrected chi connectivity index (χ1v) is 7.40. The van der Waals surface area contributed by atoms with Crippen LogP contribution in [0.1, 0.15) is 23.2 Å². The monoisotopic (exact) mass is 302 g/mol. The van der Waals surface area contributed by atoms with Crippen molar-refractivity contribution in [2.45, 2.75) is 18.9 Å². The Bertz CT molecular complexity index is 552. The minimum Gasteiger partial charge on any atom is -0.490 e. The average molecular weight is 302 g/mol. The van der Waals surface area contributed by atoms with Crippen LogP contribution in [0.2, 0.25) is 0 Å². The minimum absolute atomic E-state index is 0.0169. The summed E-state index contributed by atoms with van der Waals surface area (Å²) in [5.74, 6) is 0.573. The van der Waals surface area contributed by atoms with Gasteiger partial charge in [-0.15, -0.1) is 0 Å². The number of likely N-dealkylation sites (N-methyl/N-ethyl adjacent to an activating group) is 1. The highest BCUT2D eigenvalue weighted by Crippen LogP contribution is 2.22. The van der Waals surface area contributed by atoms with E-state index in [1.54, 1.807) is 54.2 Å². The third kappa shape index (κ3) is 3.47. The molecule has 5 heteroatoms. The van der Waals surface area contributed by atoms with Crippen molar-refractivity contribution in [1.82, 2.24) is 9.80 Å². The van der Waals surface area contributed by atoms with E-state index in [-0.39, 0.29) is 17.9 Å². The number of amides is 2. The number of nitrogens with zero attached hydrogens (tertiary/aromatic N) is 2. The van der Waals surface area contributed by atoms with Crippen molar-refractivity contribution >= 4 is 11.8 Å². The van der Waals surface area contributed by atoms with E-state index in [0.717, 1.165) is 12.8 Å².